The highest BCUT2D eigenvalue weighted by Gasteiger charge is 2.38. The molecule has 1 amide bonds. The first-order valence-electron chi connectivity index (χ1n) is 16.3. The van der Waals surface area contributed by atoms with Crippen LogP contribution in [0, 0.1) is 29.1 Å². The average Bonchev–Trinajstić information content (AvgIpc) is 3.68. The molecule has 1 N–H and O–H groups in total. The molecule has 4 fully saturated rings. The lowest BCUT2D eigenvalue weighted by Crippen LogP contribution is -2.47. The number of carbonyl (C=O) groups is 2. The van der Waals surface area contributed by atoms with Crippen LogP contribution in [0.25, 0.3) is 0 Å². The minimum absolute atomic E-state index is 0.0515. The lowest BCUT2D eigenvalue weighted by Gasteiger charge is -2.39. The Morgan fingerprint density at radius 2 is 1.63 bits per heavy atom. The Balaban J connectivity index is 1.34. The molecule has 2 saturated carbocycles. The monoisotopic (exact) mass is 615 g/mol. The van der Waals surface area contributed by atoms with E-state index in [0.29, 0.717) is 29.7 Å². The molecule has 1 unspecified atom stereocenters. The first-order chi connectivity index (χ1) is 20.7. The van der Waals surface area contributed by atoms with Crippen molar-refractivity contribution in [2.75, 3.05) is 37.9 Å². The van der Waals surface area contributed by atoms with Crippen LogP contribution in [-0.2, 0) is 23.7 Å². The Morgan fingerprint density at radius 1 is 0.953 bits per heavy atom. The molecular weight excluding hydrogens is 566 g/mol. The van der Waals surface area contributed by atoms with Crippen molar-refractivity contribution >= 4 is 28.9 Å². The number of ether oxygens (including phenoxy) is 4. The fourth-order valence-electron chi connectivity index (χ4n) is 6.74. The summed E-state index contributed by atoms with van der Waals surface area (Å²) in [6, 6.07) is 1.79. The van der Waals surface area contributed by atoms with Gasteiger partial charge in [0, 0.05) is 37.2 Å². The van der Waals surface area contributed by atoms with Crippen molar-refractivity contribution in [3.05, 3.63) is 15.8 Å². The first kappa shape index (κ1) is 32.4. The van der Waals surface area contributed by atoms with E-state index < -0.39 is 11.4 Å². The summed E-state index contributed by atoms with van der Waals surface area (Å²) < 4.78 is 23.4. The van der Waals surface area contributed by atoms with Crippen LogP contribution in [0.15, 0.2) is 6.07 Å². The number of hydrogen-bond donors (Lipinski definition) is 1. The molecule has 2 aliphatic carbocycles. The van der Waals surface area contributed by atoms with Crippen LogP contribution in [0.4, 0.5) is 5.69 Å². The topological polar surface area (TPSA) is 94.5 Å². The third-order valence-corrected chi connectivity index (χ3v) is 10.5. The standard InChI is InChI=1S/C34H49NO7S/c1-23-4-6-24(7-5-23)32(36)35(25-8-10-27(11-9-25)42-28-15-19-40-21-28)30-20-29(43-31(30)33(37)38)12-16-34(2,3)22-41-26-13-17-39-18-14-26/h20,23-28H,4-11,13-15,17-19,21-22H2,1-3H3,(H,37,38)/t23-,24-,25-,27-,28?. The number of nitrogens with zero attached hydrogens (tertiary/aromatic N) is 1. The summed E-state index contributed by atoms with van der Waals surface area (Å²) in [6.45, 7) is 9.70. The van der Waals surface area contributed by atoms with Gasteiger partial charge in [0.1, 0.15) is 4.88 Å². The molecule has 1 atom stereocenters. The zero-order chi connectivity index (χ0) is 30.4. The van der Waals surface area contributed by atoms with Crippen molar-refractivity contribution in [3.8, 4) is 11.8 Å². The number of anilines is 1. The Kier molecular flexibility index (Phi) is 11.2. The summed E-state index contributed by atoms with van der Waals surface area (Å²) in [5.74, 6) is 6.20. The van der Waals surface area contributed by atoms with E-state index in [1.807, 2.05) is 24.8 Å². The van der Waals surface area contributed by atoms with Gasteiger partial charge in [-0.15, -0.1) is 11.3 Å². The Hall–Kier alpha value is -1.96. The van der Waals surface area contributed by atoms with E-state index in [9.17, 15) is 14.7 Å². The smallest absolute Gasteiger partial charge is 0.348 e. The highest BCUT2D eigenvalue weighted by Crippen LogP contribution is 2.39. The number of carboxylic acid groups (broad SMARTS) is 1. The van der Waals surface area contributed by atoms with E-state index in [4.69, 9.17) is 18.9 Å². The van der Waals surface area contributed by atoms with Gasteiger partial charge in [-0.25, -0.2) is 4.79 Å². The lowest BCUT2D eigenvalue weighted by atomic mass is 9.81. The average molecular weight is 616 g/mol. The zero-order valence-electron chi connectivity index (χ0n) is 26.1. The second-order valence-corrected chi connectivity index (χ2v) is 14.7. The van der Waals surface area contributed by atoms with Gasteiger partial charge in [-0.05, 0) is 96.5 Å². The number of aromatic carboxylic acids is 1. The van der Waals surface area contributed by atoms with Crippen LogP contribution in [-0.4, -0.2) is 74.4 Å². The fraction of sp³-hybridized carbons (Fsp3) is 0.765. The Morgan fingerprint density at radius 3 is 2.28 bits per heavy atom. The van der Waals surface area contributed by atoms with E-state index in [0.717, 1.165) is 90.4 Å². The number of carbonyl (C=O) groups excluding carboxylic acids is 1. The van der Waals surface area contributed by atoms with Crippen LogP contribution in [0.2, 0.25) is 0 Å². The second-order valence-electron chi connectivity index (χ2n) is 13.6. The molecule has 0 radical (unpaired) electrons. The van der Waals surface area contributed by atoms with Crippen molar-refractivity contribution < 1.29 is 33.6 Å². The number of hydrogen-bond acceptors (Lipinski definition) is 7. The Labute approximate surface area is 260 Å². The molecule has 238 valence electrons. The molecule has 1 aromatic rings. The predicted molar refractivity (Wildman–Crippen MR) is 167 cm³/mol. The van der Waals surface area contributed by atoms with Gasteiger partial charge >= 0.3 is 5.97 Å². The van der Waals surface area contributed by atoms with Crippen molar-refractivity contribution in [2.45, 2.75) is 116 Å². The number of amides is 1. The van der Waals surface area contributed by atoms with Crippen molar-refractivity contribution in [2.24, 2.45) is 17.3 Å². The quantitative estimate of drug-likeness (QED) is 0.326. The highest BCUT2D eigenvalue weighted by molar-refractivity contribution is 7.15. The molecule has 8 nitrogen and oxygen atoms in total. The minimum Gasteiger partial charge on any atom is -0.477 e. The summed E-state index contributed by atoms with van der Waals surface area (Å²) in [7, 11) is 0. The van der Waals surface area contributed by atoms with Gasteiger partial charge in [0.2, 0.25) is 5.91 Å². The van der Waals surface area contributed by atoms with Gasteiger partial charge in [0.05, 0.1) is 42.1 Å². The van der Waals surface area contributed by atoms with Crippen molar-refractivity contribution in [1.29, 1.82) is 0 Å². The van der Waals surface area contributed by atoms with Gasteiger partial charge in [-0.1, -0.05) is 18.8 Å². The van der Waals surface area contributed by atoms with Crippen LogP contribution in [0.5, 0.6) is 0 Å². The van der Waals surface area contributed by atoms with Crippen LogP contribution in [0.3, 0.4) is 0 Å². The summed E-state index contributed by atoms with van der Waals surface area (Å²) in [5, 5.41) is 10.3. The number of rotatable bonds is 9. The van der Waals surface area contributed by atoms with Crippen LogP contribution in [0.1, 0.15) is 106 Å². The normalized spacial score (nSPS) is 28.7. The molecule has 1 aromatic heterocycles. The molecule has 4 aliphatic rings. The van der Waals surface area contributed by atoms with Crippen molar-refractivity contribution in [3.63, 3.8) is 0 Å². The molecule has 0 bridgehead atoms. The molecule has 5 rings (SSSR count). The SMILES string of the molecule is CC(C)(C#Cc1cc(N(C(=O)[C@H]2CC[C@H](C)CC2)[C@H]2CC[C@H](OC3CCOC3)CC2)c(C(=O)O)s1)COC1CCOCC1. The summed E-state index contributed by atoms with van der Waals surface area (Å²) >= 11 is 1.17. The molecule has 2 aliphatic heterocycles. The van der Waals surface area contributed by atoms with E-state index in [1.165, 1.54) is 11.3 Å². The first-order valence-corrected chi connectivity index (χ1v) is 17.2. The minimum atomic E-state index is -1.01. The lowest BCUT2D eigenvalue weighted by molar-refractivity contribution is -0.124. The summed E-state index contributed by atoms with van der Waals surface area (Å²) in [4.78, 5) is 29.5. The molecular formula is C34H49NO7S. The van der Waals surface area contributed by atoms with E-state index in [-0.39, 0.29) is 41.1 Å². The third kappa shape index (κ3) is 8.82. The van der Waals surface area contributed by atoms with Gasteiger partial charge < -0.3 is 29.0 Å². The maximum absolute atomic E-state index is 14.2. The predicted octanol–water partition coefficient (Wildman–Crippen LogP) is 6.30. The number of thiophene rings is 1. The summed E-state index contributed by atoms with van der Waals surface area (Å²) in [5.41, 5.74) is 0.110. The van der Waals surface area contributed by atoms with Crippen LogP contribution < -0.4 is 4.90 Å². The van der Waals surface area contributed by atoms with Gasteiger partial charge in [-0.2, -0.15) is 0 Å². The van der Waals surface area contributed by atoms with E-state index in [2.05, 4.69) is 18.8 Å². The largest absolute Gasteiger partial charge is 0.477 e. The second kappa shape index (κ2) is 14.9. The molecule has 3 heterocycles. The highest BCUT2D eigenvalue weighted by atomic mass is 32.1. The summed E-state index contributed by atoms with van der Waals surface area (Å²) in [6.07, 6.45) is 10.3. The van der Waals surface area contributed by atoms with Crippen LogP contribution >= 0.6 is 11.3 Å². The maximum Gasteiger partial charge on any atom is 0.348 e. The van der Waals surface area contributed by atoms with Gasteiger partial charge in [0.25, 0.3) is 0 Å². The van der Waals surface area contributed by atoms with Gasteiger partial charge in [-0.3, -0.25) is 4.79 Å². The molecule has 2 saturated heterocycles. The van der Waals surface area contributed by atoms with E-state index in [1.54, 1.807) is 0 Å². The molecule has 0 spiro atoms. The Bertz CT molecular complexity index is 1140. The fourth-order valence-corrected chi connectivity index (χ4v) is 7.58. The van der Waals surface area contributed by atoms with Crippen molar-refractivity contribution in [1.82, 2.24) is 0 Å². The molecule has 43 heavy (non-hydrogen) atoms. The van der Waals surface area contributed by atoms with E-state index >= 15 is 0 Å². The number of carboxylic acids is 1. The molecule has 9 heteroatoms. The zero-order valence-corrected chi connectivity index (χ0v) is 26.9. The van der Waals surface area contributed by atoms with Gasteiger partial charge in [0.15, 0.2) is 0 Å². The third-order valence-electron chi connectivity index (χ3n) is 9.42. The molecule has 0 aromatic carbocycles. The maximum atomic E-state index is 14.2.